The Morgan fingerprint density at radius 3 is 2.47 bits per heavy atom. The summed E-state index contributed by atoms with van der Waals surface area (Å²) in [6, 6.07) is 0. The Morgan fingerprint density at radius 1 is 1.47 bits per heavy atom. The molecule has 0 aromatic heterocycles. The Balaban J connectivity index is 4.26. The first-order valence-electron chi connectivity index (χ1n) is 4.89. The van der Waals surface area contributed by atoms with Crippen molar-refractivity contribution in [2.75, 3.05) is 19.7 Å². The van der Waals surface area contributed by atoms with Crippen LogP contribution < -0.4 is 11.1 Å². The van der Waals surface area contributed by atoms with Crippen molar-refractivity contribution in [3.63, 3.8) is 0 Å². The number of nitrogens with one attached hydrogen (secondary N) is 1. The van der Waals surface area contributed by atoms with Crippen molar-refractivity contribution in [1.82, 2.24) is 5.32 Å². The number of ether oxygens (including phenoxy) is 1. The number of aliphatic hydroxyl groups is 1. The Hall–Kier alpha value is -1.73. The summed E-state index contributed by atoms with van der Waals surface area (Å²) in [5.41, 5.74) is 5.13. The summed E-state index contributed by atoms with van der Waals surface area (Å²) in [4.78, 5) is 33.3. The zero-order chi connectivity index (χ0) is 13.4. The molecule has 0 saturated carbocycles. The summed E-state index contributed by atoms with van der Waals surface area (Å²) in [7, 11) is 0. The monoisotopic (exact) mass is 244 g/mol. The number of rotatable bonds is 7. The molecule has 0 aliphatic carbocycles. The molecule has 4 N–H and O–H groups in total. The van der Waals surface area contributed by atoms with E-state index in [0.29, 0.717) is 0 Å². The fourth-order valence-electron chi connectivity index (χ4n) is 0.806. The SMILES string of the molecule is C=C(C)C(=O)OC(CO)C(=O)CNC(=O)CN. The molecule has 0 aliphatic rings. The fraction of sp³-hybridized carbons (Fsp3) is 0.500. The van der Waals surface area contributed by atoms with E-state index in [-0.39, 0.29) is 18.7 Å². The van der Waals surface area contributed by atoms with Gasteiger partial charge >= 0.3 is 5.97 Å². The molecule has 1 amide bonds. The molecule has 0 spiro atoms. The molecule has 0 aromatic rings. The van der Waals surface area contributed by atoms with E-state index in [2.05, 4.69) is 16.6 Å². The number of Topliss-reactive ketones (excluding diaryl/α,β-unsaturated/α-hetero) is 1. The zero-order valence-electron chi connectivity index (χ0n) is 9.56. The summed E-state index contributed by atoms with van der Waals surface area (Å²) in [5.74, 6) is -1.91. The van der Waals surface area contributed by atoms with Crippen molar-refractivity contribution in [3.05, 3.63) is 12.2 Å². The molecule has 1 unspecified atom stereocenters. The first-order chi connectivity index (χ1) is 7.92. The molecule has 0 bridgehead atoms. The highest BCUT2D eigenvalue weighted by Gasteiger charge is 2.22. The van der Waals surface area contributed by atoms with Gasteiger partial charge in [0.05, 0.1) is 19.7 Å². The first kappa shape index (κ1) is 15.3. The highest BCUT2D eigenvalue weighted by molar-refractivity contribution is 5.93. The van der Waals surface area contributed by atoms with Crippen molar-refractivity contribution >= 4 is 17.7 Å². The number of hydrogen-bond donors (Lipinski definition) is 3. The lowest BCUT2D eigenvalue weighted by Crippen LogP contribution is -2.41. The highest BCUT2D eigenvalue weighted by Crippen LogP contribution is 1.99. The van der Waals surface area contributed by atoms with E-state index in [1.807, 2.05) is 0 Å². The molecule has 96 valence electrons. The molecule has 1 atom stereocenters. The minimum Gasteiger partial charge on any atom is -0.448 e. The van der Waals surface area contributed by atoms with Gasteiger partial charge in [-0.3, -0.25) is 9.59 Å². The van der Waals surface area contributed by atoms with Gasteiger partial charge in [-0.15, -0.1) is 0 Å². The second-order valence-corrected chi connectivity index (χ2v) is 3.30. The van der Waals surface area contributed by atoms with E-state index in [4.69, 9.17) is 10.8 Å². The van der Waals surface area contributed by atoms with Crippen LogP contribution in [0.5, 0.6) is 0 Å². The number of amides is 1. The van der Waals surface area contributed by atoms with Crippen molar-refractivity contribution in [2.24, 2.45) is 5.73 Å². The second kappa shape index (κ2) is 7.53. The van der Waals surface area contributed by atoms with Crippen LogP contribution >= 0.6 is 0 Å². The molecule has 7 heteroatoms. The maximum Gasteiger partial charge on any atom is 0.333 e. The maximum absolute atomic E-state index is 11.4. The second-order valence-electron chi connectivity index (χ2n) is 3.30. The molecule has 0 heterocycles. The minimum absolute atomic E-state index is 0.113. The molecular weight excluding hydrogens is 228 g/mol. The Labute approximate surface area is 98.6 Å². The Bertz CT molecular complexity index is 327. The van der Waals surface area contributed by atoms with Crippen LogP contribution in [0.3, 0.4) is 0 Å². The summed E-state index contributed by atoms with van der Waals surface area (Å²) >= 11 is 0. The van der Waals surface area contributed by atoms with Crippen molar-refractivity contribution in [3.8, 4) is 0 Å². The van der Waals surface area contributed by atoms with E-state index in [1.54, 1.807) is 0 Å². The van der Waals surface area contributed by atoms with Crippen LogP contribution in [0.15, 0.2) is 12.2 Å². The maximum atomic E-state index is 11.4. The van der Waals surface area contributed by atoms with Gasteiger partial charge in [0, 0.05) is 5.57 Å². The topological polar surface area (TPSA) is 119 Å². The standard InChI is InChI=1S/C10H16N2O5/c1-6(2)10(16)17-8(5-13)7(14)4-12-9(15)3-11/h8,13H,1,3-5,11H2,2H3,(H,12,15). The molecule has 0 saturated heterocycles. The lowest BCUT2D eigenvalue weighted by atomic mass is 10.2. The fourth-order valence-corrected chi connectivity index (χ4v) is 0.806. The van der Waals surface area contributed by atoms with Crippen molar-refractivity contribution < 1.29 is 24.2 Å². The van der Waals surface area contributed by atoms with Crippen LogP contribution in [0.2, 0.25) is 0 Å². The average Bonchev–Trinajstić information content (AvgIpc) is 2.31. The lowest BCUT2D eigenvalue weighted by Gasteiger charge is -2.14. The number of hydrogen-bond acceptors (Lipinski definition) is 6. The third kappa shape index (κ3) is 5.79. The van der Waals surface area contributed by atoms with E-state index in [9.17, 15) is 14.4 Å². The van der Waals surface area contributed by atoms with E-state index >= 15 is 0 Å². The van der Waals surface area contributed by atoms with Gasteiger partial charge in [0.1, 0.15) is 0 Å². The summed E-state index contributed by atoms with van der Waals surface area (Å²) in [6.45, 7) is 3.49. The van der Waals surface area contributed by atoms with Crippen LogP contribution in [0, 0.1) is 0 Å². The predicted octanol–water partition coefficient (Wildman–Crippen LogP) is -1.89. The third-order valence-corrected chi connectivity index (χ3v) is 1.77. The lowest BCUT2D eigenvalue weighted by molar-refractivity contribution is -0.153. The van der Waals surface area contributed by atoms with E-state index in [1.165, 1.54) is 6.92 Å². The van der Waals surface area contributed by atoms with E-state index in [0.717, 1.165) is 0 Å². The number of esters is 1. The Kier molecular flexibility index (Phi) is 6.76. The van der Waals surface area contributed by atoms with Crippen LogP contribution in [0.25, 0.3) is 0 Å². The van der Waals surface area contributed by atoms with Crippen LogP contribution in [0.4, 0.5) is 0 Å². The summed E-state index contributed by atoms with van der Waals surface area (Å²) in [5, 5.41) is 11.1. The molecule has 0 aliphatic heterocycles. The van der Waals surface area contributed by atoms with Gasteiger partial charge in [0.2, 0.25) is 5.91 Å². The number of carbonyl (C=O) groups is 3. The van der Waals surface area contributed by atoms with Gasteiger partial charge in [0.15, 0.2) is 11.9 Å². The van der Waals surface area contributed by atoms with Crippen molar-refractivity contribution in [2.45, 2.75) is 13.0 Å². The molecule has 0 radical (unpaired) electrons. The minimum atomic E-state index is -1.31. The highest BCUT2D eigenvalue weighted by atomic mass is 16.6. The van der Waals surface area contributed by atoms with Gasteiger partial charge in [-0.2, -0.15) is 0 Å². The molecular formula is C10H16N2O5. The number of aliphatic hydroxyl groups excluding tert-OH is 1. The van der Waals surface area contributed by atoms with Gasteiger partial charge in [-0.25, -0.2) is 4.79 Å². The number of nitrogens with two attached hydrogens (primary N) is 1. The molecule has 0 rings (SSSR count). The summed E-state index contributed by atoms with van der Waals surface area (Å²) < 4.78 is 4.67. The normalized spacial score (nSPS) is 11.5. The van der Waals surface area contributed by atoms with E-state index < -0.39 is 30.4 Å². The predicted molar refractivity (Wildman–Crippen MR) is 58.9 cm³/mol. The molecule has 17 heavy (non-hydrogen) atoms. The quantitative estimate of drug-likeness (QED) is 0.356. The van der Waals surface area contributed by atoms with Gasteiger partial charge < -0.3 is 20.9 Å². The van der Waals surface area contributed by atoms with Gasteiger partial charge in [-0.1, -0.05) is 6.58 Å². The largest absolute Gasteiger partial charge is 0.448 e. The smallest absolute Gasteiger partial charge is 0.333 e. The van der Waals surface area contributed by atoms with Crippen LogP contribution in [-0.2, 0) is 19.1 Å². The molecule has 7 nitrogen and oxygen atoms in total. The number of carbonyl (C=O) groups excluding carboxylic acids is 3. The number of ketones is 1. The van der Waals surface area contributed by atoms with Crippen molar-refractivity contribution in [1.29, 1.82) is 0 Å². The van der Waals surface area contributed by atoms with Gasteiger partial charge in [-0.05, 0) is 6.92 Å². The molecule has 0 fully saturated rings. The molecule has 0 aromatic carbocycles. The zero-order valence-corrected chi connectivity index (χ0v) is 9.56. The van der Waals surface area contributed by atoms with Gasteiger partial charge in [0.25, 0.3) is 0 Å². The third-order valence-electron chi connectivity index (χ3n) is 1.77. The first-order valence-corrected chi connectivity index (χ1v) is 4.89. The Morgan fingerprint density at radius 2 is 2.06 bits per heavy atom. The summed E-state index contributed by atoms with van der Waals surface area (Å²) in [6.07, 6.45) is -1.31. The van der Waals surface area contributed by atoms with Crippen LogP contribution in [0.1, 0.15) is 6.92 Å². The average molecular weight is 244 g/mol. The van der Waals surface area contributed by atoms with Crippen LogP contribution in [-0.4, -0.2) is 48.6 Å².